The van der Waals surface area contributed by atoms with E-state index >= 15 is 0 Å². The fourth-order valence-corrected chi connectivity index (χ4v) is 5.18. The fourth-order valence-electron chi connectivity index (χ4n) is 4.59. The zero-order chi connectivity index (χ0) is 23.3. The fraction of sp³-hybridized carbons (Fsp3) is 0.261. The largest absolute Gasteiger partial charge is 0.445 e. The minimum atomic E-state index is -1.12. The number of nitrogens with one attached hydrogen (secondary N) is 1. The van der Waals surface area contributed by atoms with E-state index in [1.165, 1.54) is 4.90 Å². The van der Waals surface area contributed by atoms with Gasteiger partial charge in [0.05, 0.1) is 30.2 Å². The van der Waals surface area contributed by atoms with Crippen molar-refractivity contribution in [3.63, 3.8) is 0 Å². The summed E-state index contributed by atoms with van der Waals surface area (Å²) < 4.78 is 11.3. The van der Waals surface area contributed by atoms with Gasteiger partial charge in [0, 0.05) is 20.6 Å². The van der Waals surface area contributed by atoms with E-state index in [4.69, 9.17) is 44.3 Å². The molecule has 4 atom stereocenters. The van der Waals surface area contributed by atoms with Gasteiger partial charge in [0.2, 0.25) is 11.8 Å². The predicted octanol–water partition coefficient (Wildman–Crippen LogP) is 4.39. The van der Waals surface area contributed by atoms with Crippen LogP contribution in [0.2, 0.25) is 15.1 Å². The number of rotatable bonds is 5. The number of nitrogens with zero attached hydrogens (tertiary/aromatic N) is 1. The summed E-state index contributed by atoms with van der Waals surface area (Å²) in [6, 6.07) is 11.4. The van der Waals surface area contributed by atoms with Crippen molar-refractivity contribution < 1.29 is 23.9 Å². The molecule has 0 spiro atoms. The van der Waals surface area contributed by atoms with Crippen molar-refractivity contribution in [2.75, 3.05) is 11.4 Å². The maximum absolute atomic E-state index is 13.3. The molecule has 0 aromatic heterocycles. The van der Waals surface area contributed by atoms with Crippen molar-refractivity contribution in [2.24, 2.45) is 11.8 Å². The highest BCUT2D eigenvalue weighted by atomic mass is 35.5. The van der Waals surface area contributed by atoms with Crippen LogP contribution in [0.1, 0.15) is 5.56 Å². The highest BCUT2D eigenvalue weighted by Crippen LogP contribution is 2.52. The molecule has 3 aliphatic heterocycles. The van der Waals surface area contributed by atoms with Crippen LogP contribution in [0, 0.1) is 11.8 Å². The predicted molar refractivity (Wildman–Crippen MR) is 122 cm³/mol. The summed E-state index contributed by atoms with van der Waals surface area (Å²) >= 11 is 17.9. The normalized spacial score (nSPS) is 27.2. The first kappa shape index (κ1) is 22.2. The monoisotopic (exact) mass is 506 g/mol. The van der Waals surface area contributed by atoms with Gasteiger partial charge in [0.1, 0.15) is 12.2 Å². The van der Waals surface area contributed by atoms with E-state index in [1.54, 1.807) is 54.6 Å². The van der Waals surface area contributed by atoms with Crippen molar-refractivity contribution in [1.29, 1.82) is 0 Å². The van der Waals surface area contributed by atoms with Crippen molar-refractivity contribution >= 4 is 58.4 Å². The molecule has 2 saturated heterocycles. The zero-order valence-electron chi connectivity index (χ0n) is 17.0. The van der Waals surface area contributed by atoms with E-state index in [0.29, 0.717) is 26.3 Å². The van der Waals surface area contributed by atoms with Crippen molar-refractivity contribution in [1.82, 2.24) is 5.32 Å². The van der Waals surface area contributed by atoms with E-state index in [0.717, 1.165) is 0 Å². The molecule has 5 rings (SSSR count). The van der Waals surface area contributed by atoms with Crippen LogP contribution in [0.5, 0.6) is 0 Å². The Morgan fingerprint density at radius 2 is 1.79 bits per heavy atom. The lowest BCUT2D eigenvalue weighted by Crippen LogP contribution is -2.49. The second-order valence-electron chi connectivity index (χ2n) is 8.05. The van der Waals surface area contributed by atoms with Gasteiger partial charge >= 0.3 is 6.09 Å². The summed E-state index contributed by atoms with van der Waals surface area (Å²) in [5.41, 5.74) is -0.0756. The van der Waals surface area contributed by atoms with E-state index in [-0.39, 0.29) is 25.0 Å². The smallest absolute Gasteiger partial charge is 0.407 e. The van der Waals surface area contributed by atoms with Crippen LogP contribution in [0.15, 0.2) is 54.6 Å². The SMILES string of the molecule is O=C(NC[C@@]12C=C[C@H](O1)[C@@H]1C(=O)N(c3ccc(Cl)cc3)C(=O)[C@H]12)OCc1ccc(Cl)cc1Cl. The minimum Gasteiger partial charge on any atom is -0.445 e. The molecule has 3 aliphatic rings. The number of amides is 3. The average Bonchev–Trinajstić information content (AvgIpc) is 3.43. The van der Waals surface area contributed by atoms with Gasteiger partial charge in [-0.05, 0) is 36.4 Å². The third-order valence-corrected chi connectivity index (χ3v) is 6.96. The first-order valence-corrected chi connectivity index (χ1v) is 11.3. The number of carbonyl (C=O) groups is 3. The quantitative estimate of drug-likeness (QED) is 0.479. The number of fused-ring (bicyclic) bond motifs is 5. The van der Waals surface area contributed by atoms with Crippen LogP contribution < -0.4 is 10.2 Å². The lowest BCUT2D eigenvalue weighted by atomic mass is 9.77. The Morgan fingerprint density at radius 1 is 1.06 bits per heavy atom. The van der Waals surface area contributed by atoms with E-state index in [9.17, 15) is 14.4 Å². The molecule has 10 heteroatoms. The number of ether oxygens (including phenoxy) is 2. The van der Waals surface area contributed by atoms with Crippen molar-refractivity contribution in [2.45, 2.75) is 18.3 Å². The van der Waals surface area contributed by atoms with E-state index < -0.39 is 29.6 Å². The van der Waals surface area contributed by atoms with Gasteiger partial charge in [-0.25, -0.2) is 9.69 Å². The third-order valence-electron chi connectivity index (χ3n) is 6.12. The summed E-state index contributed by atoms with van der Waals surface area (Å²) in [4.78, 5) is 39.9. The molecule has 0 unspecified atom stereocenters. The van der Waals surface area contributed by atoms with Gasteiger partial charge in [-0.15, -0.1) is 0 Å². The number of benzene rings is 2. The molecule has 170 valence electrons. The van der Waals surface area contributed by atoms with Crippen LogP contribution in [-0.4, -0.2) is 36.2 Å². The molecule has 2 aromatic rings. The summed E-state index contributed by atoms with van der Waals surface area (Å²) in [6.45, 7) is -0.0796. The van der Waals surface area contributed by atoms with Gasteiger partial charge in [0.15, 0.2) is 0 Å². The molecule has 0 radical (unpaired) electrons. The number of imide groups is 1. The molecule has 33 heavy (non-hydrogen) atoms. The molecule has 3 heterocycles. The molecule has 2 fully saturated rings. The van der Waals surface area contributed by atoms with E-state index in [2.05, 4.69) is 5.32 Å². The Hall–Kier alpha value is -2.58. The average molecular weight is 508 g/mol. The van der Waals surface area contributed by atoms with Crippen LogP contribution in [-0.2, 0) is 25.7 Å². The van der Waals surface area contributed by atoms with Crippen molar-refractivity contribution in [3.8, 4) is 0 Å². The summed E-state index contributed by atoms with van der Waals surface area (Å²) in [6.07, 6.45) is 2.27. The maximum Gasteiger partial charge on any atom is 0.407 e. The maximum atomic E-state index is 13.3. The lowest BCUT2D eigenvalue weighted by Gasteiger charge is -2.28. The summed E-state index contributed by atoms with van der Waals surface area (Å²) in [5, 5.41) is 4.01. The molecular weight excluding hydrogens is 491 g/mol. The van der Waals surface area contributed by atoms with Gasteiger partial charge in [-0.1, -0.05) is 53.0 Å². The van der Waals surface area contributed by atoms with Gasteiger partial charge in [0.25, 0.3) is 0 Å². The van der Waals surface area contributed by atoms with Crippen LogP contribution in [0.4, 0.5) is 10.5 Å². The summed E-state index contributed by atoms with van der Waals surface area (Å²) in [5.74, 6) is -2.10. The highest BCUT2D eigenvalue weighted by molar-refractivity contribution is 6.35. The number of hydrogen-bond acceptors (Lipinski definition) is 5. The number of halogens is 3. The number of anilines is 1. The van der Waals surface area contributed by atoms with Crippen LogP contribution in [0.3, 0.4) is 0 Å². The van der Waals surface area contributed by atoms with Gasteiger partial charge in [-0.3, -0.25) is 9.59 Å². The molecule has 1 N–H and O–H groups in total. The Kier molecular flexibility index (Phi) is 5.61. The molecule has 0 saturated carbocycles. The zero-order valence-corrected chi connectivity index (χ0v) is 19.2. The second kappa shape index (κ2) is 8.33. The Morgan fingerprint density at radius 3 is 2.52 bits per heavy atom. The third kappa shape index (κ3) is 3.79. The Balaban J connectivity index is 1.27. The van der Waals surface area contributed by atoms with E-state index in [1.807, 2.05) is 0 Å². The minimum absolute atomic E-state index is 0.0260. The first-order chi connectivity index (χ1) is 15.8. The molecule has 7 nitrogen and oxygen atoms in total. The van der Waals surface area contributed by atoms with Crippen molar-refractivity contribution in [3.05, 3.63) is 75.2 Å². The highest BCUT2D eigenvalue weighted by Gasteiger charge is 2.67. The Bertz CT molecular complexity index is 1190. The number of hydrogen-bond donors (Lipinski definition) is 1. The standard InChI is InChI=1S/C23H17Cl3N2O5/c24-13-3-5-15(6-4-13)28-20(29)18-17-7-8-23(33-17,19(18)21(28)30)11-27-22(31)32-10-12-1-2-14(25)9-16(12)26/h1-9,17-19H,10-11H2,(H,27,31)/t17-,18-,19-,23+/m0/s1. The van der Waals surface area contributed by atoms with Crippen LogP contribution in [0.25, 0.3) is 0 Å². The number of carbonyl (C=O) groups excluding carboxylic acids is 3. The molecule has 2 aromatic carbocycles. The Labute approximate surface area is 204 Å². The summed E-state index contributed by atoms with van der Waals surface area (Å²) in [7, 11) is 0. The molecule has 2 bridgehead atoms. The molecule has 3 amide bonds. The second-order valence-corrected chi connectivity index (χ2v) is 9.33. The topological polar surface area (TPSA) is 84.9 Å². The molecule has 0 aliphatic carbocycles. The van der Waals surface area contributed by atoms with Gasteiger partial charge < -0.3 is 14.8 Å². The van der Waals surface area contributed by atoms with Gasteiger partial charge in [-0.2, -0.15) is 0 Å². The lowest BCUT2D eigenvalue weighted by molar-refractivity contribution is -0.126. The number of alkyl carbamates (subject to hydrolysis) is 1. The first-order valence-electron chi connectivity index (χ1n) is 10.1. The molecular formula is C23H17Cl3N2O5. The van der Waals surface area contributed by atoms with Crippen LogP contribution >= 0.6 is 34.8 Å².